The summed E-state index contributed by atoms with van der Waals surface area (Å²) >= 11 is 0. The number of nitrogens with one attached hydrogen (secondary N) is 1. The first-order chi connectivity index (χ1) is 9.29. The molecule has 0 radical (unpaired) electrons. The van der Waals surface area contributed by atoms with Crippen LogP contribution < -0.4 is 10.1 Å². The first-order valence-corrected chi connectivity index (χ1v) is 6.41. The van der Waals surface area contributed by atoms with Crippen molar-refractivity contribution in [3.8, 4) is 11.6 Å². The van der Waals surface area contributed by atoms with Crippen LogP contribution in [0.4, 0.5) is 4.39 Å². The minimum Gasteiger partial charge on any atom is -0.439 e. The summed E-state index contributed by atoms with van der Waals surface area (Å²) in [6.07, 6.45) is 4.35. The average Bonchev–Trinajstić information content (AvgIpc) is 3.25. The molecule has 3 rings (SSSR count). The van der Waals surface area contributed by atoms with Crippen LogP contribution in [0.1, 0.15) is 18.4 Å². The molecule has 4 heteroatoms. The lowest BCUT2D eigenvalue weighted by atomic mass is 10.3. The number of rotatable bonds is 5. The van der Waals surface area contributed by atoms with Crippen LogP contribution in [0.5, 0.6) is 11.6 Å². The summed E-state index contributed by atoms with van der Waals surface area (Å²) in [4.78, 5) is 4.24. The van der Waals surface area contributed by atoms with Gasteiger partial charge in [-0.25, -0.2) is 9.37 Å². The highest BCUT2D eigenvalue weighted by Crippen LogP contribution is 2.21. The summed E-state index contributed by atoms with van der Waals surface area (Å²) in [5.41, 5.74) is 1.14. The lowest BCUT2D eigenvalue weighted by Gasteiger charge is -2.06. The van der Waals surface area contributed by atoms with Crippen molar-refractivity contribution in [3.05, 3.63) is 54.0 Å². The molecule has 1 aromatic carbocycles. The Morgan fingerprint density at radius 1 is 1.16 bits per heavy atom. The van der Waals surface area contributed by atoms with Crippen molar-refractivity contribution in [1.82, 2.24) is 10.3 Å². The van der Waals surface area contributed by atoms with E-state index in [1.54, 1.807) is 18.3 Å². The summed E-state index contributed by atoms with van der Waals surface area (Å²) < 4.78 is 18.3. The van der Waals surface area contributed by atoms with Crippen LogP contribution in [0, 0.1) is 5.82 Å². The van der Waals surface area contributed by atoms with E-state index in [1.807, 2.05) is 12.1 Å². The quantitative estimate of drug-likeness (QED) is 0.893. The molecule has 19 heavy (non-hydrogen) atoms. The second kappa shape index (κ2) is 5.36. The Morgan fingerprint density at radius 3 is 2.58 bits per heavy atom. The standard InChI is InChI=1S/C15H15FN2O/c16-12-2-6-14(7-3-12)19-15-8-1-11(10-18-15)9-17-13-4-5-13/h1-3,6-8,10,13,17H,4-5,9H2. The van der Waals surface area contributed by atoms with Gasteiger partial charge in [0.1, 0.15) is 11.6 Å². The van der Waals surface area contributed by atoms with Gasteiger partial charge in [0.25, 0.3) is 0 Å². The second-order valence-electron chi connectivity index (χ2n) is 4.72. The molecule has 98 valence electrons. The molecule has 0 saturated heterocycles. The number of ether oxygens (including phenoxy) is 1. The van der Waals surface area contributed by atoms with Gasteiger partial charge in [0.15, 0.2) is 0 Å². The van der Waals surface area contributed by atoms with E-state index in [2.05, 4.69) is 10.3 Å². The number of pyridine rings is 1. The zero-order valence-electron chi connectivity index (χ0n) is 10.5. The molecule has 0 amide bonds. The molecule has 1 aliphatic carbocycles. The molecular formula is C15H15FN2O. The maximum atomic E-state index is 12.8. The highest BCUT2D eigenvalue weighted by Gasteiger charge is 2.19. The van der Waals surface area contributed by atoms with E-state index in [9.17, 15) is 4.39 Å². The van der Waals surface area contributed by atoms with Crippen molar-refractivity contribution in [2.24, 2.45) is 0 Å². The molecule has 1 heterocycles. The molecule has 0 unspecified atom stereocenters. The van der Waals surface area contributed by atoms with Gasteiger partial charge in [0, 0.05) is 24.8 Å². The van der Waals surface area contributed by atoms with Crippen LogP contribution in [0.3, 0.4) is 0 Å². The third-order valence-corrected chi connectivity index (χ3v) is 3.01. The van der Waals surface area contributed by atoms with Gasteiger partial charge in [-0.2, -0.15) is 0 Å². The van der Waals surface area contributed by atoms with Crippen LogP contribution >= 0.6 is 0 Å². The topological polar surface area (TPSA) is 34.1 Å². The van der Waals surface area contributed by atoms with Crippen LogP contribution in [0.25, 0.3) is 0 Å². The minimum absolute atomic E-state index is 0.276. The van der Waals surface area contributed by atoms with E-state index in [1.165, 1.54) is 25.0 Å². The molecular weight excluding hydrogens is 243 g/mol. The van der Waals surface area contributed by atoms with E-state index >= 15 is 0 Å². The fourth-order valence-electron chi connectivity index (χ4n) is 1.75. The zero-order valence-corrected chi connectivity index (χ0v) is 10.5. The highest BCUT2D eigenvalue weighted by atomic mass is 19.1. The third-order valence-electron chi connectivity index (χ3n) is 3.01. The SMILES string of the molecule is Fc1ccc(Oc2ccc(CNC3CC3)cn2)cc1. The van der Waals surface area contributed by atoms with E-state index in [-0.39, 0.29) is 5.82 Å². The average molecular weight is 258 g/mol. The summed E-state index contributed by atoms with van der Waals surface area (Å²) in [5, 5.41) is 3.43. The molecule has 1 saturated carbocycles. The normalized spacial score (nSPS) is 14.4. The second-order valence-corrected chi connectivity index (χ2v) is 4.72. The predicted octanol–water partition coefficient (Wildman–Crippen LogP) is 3.27. The van der Waals surface area contributed by atoms with Gasteiger partial charge in [0.2, 0.25) is 5.88 Å². The summed E-state index contributed by atoms with van der Waals surface area (Å²) in [5.74, 6) is 0.821. The summed E-state index contributed by atoms with van der Waals surface area (Å²) in [6.45, 7) is 0.842. The molecule has 1 N–H and O–H groups in total. The van der Waals surface area contributed by atoms with Crippen molar-refractivity contribution in [1.29, 1.82) is 0 Å². The lowest BCUT2D eigenvalue weighted by molar-refractivity contribution is 0.460. The summed E-state index contributed by atoms with van der Waals surface area (Å²) in [7, 11) is 0. The van der Waals surface area contributed by atoms with Crippen LogP contribution in [0.15, 0.2) is 42.6 Å². The Hall–Kier alpha value is -1.94. The van der Waals surface area contributed by atoms with Crippen LogP contribution in [-0.2, 0) is 6.54 Å². The Kier molecular flexibility index (Phi) is 3.42. The van der Waals surface area contributed by atoms with Gasteiger partial charge in [-0.3, -0.25) is 0 Å². The monoisotopic (exact) mass is 258 g/mol. The van der Waals surface area contributed by atoms with Crippen LogP contribution in [0.2, 0.25) is 0 Å². The van der Waals surface area contributed by atoms with E-state index < -0.39 is 0 Å². The highest BCUT2D eigenvalue weighted by molar-refractivity contribution is 5.28. The number of aromatic nitrogens is 1. The molecule has 0 bridgehead atoms. The number of benzene rings is 1. The van der Waals surface area contributed by atoms with Gasteiger partial charge in [-0.15, -0.1) is 0 Å². The lowest BCUT2D eigenvalue weighted by Crippen LogP contribution is -2.15. The Balaban J connectivity index is 1.59. The van der Waals surface area contributed by atoms with Gasteiger partial charge >= 0.3 is 0 Å². The maximum absolute atomic E-state index is 12.8. The van der Waals surface area contributed by atoms with Gasteiger partial charge in [-0.05, 0) is 42.7 Å². The smallest absolute Gasteiger partial charge is 0.219 e. The van der Waals surface area contributed by atoms with Gasteiger partial charge < -0.3 is 10.1 Å². The fraction of sp³-hybridized carbons (Fsp3) is 0.267. The zero-order chi connectivity index (χ0) is 13.1. The van der Waals surface area contributed by atoms with Gasteiger partial charge in [-0.1, -0.05) is 6.07 Å². The number of hydrogen-bond donors (Lipinski definition) is 1. The summed E-state index contributed by atoms with van der Waals surface area (Å²) in [6, 6.07) is 10.4. The first-order valence-electron chi connectivity index (χ1n) is 6.41. The first kappa shape index (κ1) is 12.1. The molecule has 0 aliphatic heterocycles. The molecule has 0 spiro atoms. The van der Waals surface area contributed by atoms with Gasteiger partial charge in [0.05, 0.1) is 0 Å². The third kappa shape index (κ3) is 3.51. The molecule has 2 aromatic rings. The van der Waals surface area contributed by atoms with Crippen molar-refractivity contribution < 1.29 is 9.13 Å². The van der Waals surface area contributed by atoms with Crippen LogP contribution in [-0.4, -0.2) is 11.0 Å². The fourth-order valence-corrected chi connectivity index (χ4v) is 1.75. The van der Waals surface area contributed by atoms with Crippen molar-refractivity contribution in [2.75, 3.05) is 0 Å². The van der Waals surface area contributed by atoms with E-state index in [0.29, 0.717) is 17.7 Å². The number of hydrogen-bond acceptors (Lipinski definition) is 3. The minimum atomic E-state index is -0.276. The molecule has 1 aromatic heterocycles. The largest absolute Gasteiger partial charge is 0.439 e. The Labute approximate surface area is 111 Å². The Bertz CT molecular complexity index is 535. The number of halogens is 1. The van der Waals surface area contributed by atoms with Crippen molar-refractivity contribution >= 4 is 0 Å². The maximum Gasteiger partial charge on any atom is 0.219 e. The van der Waals surface area contributed by atoms with E-state index in [0.717, 1.165) is 12.1 Å². The van der Waals surface area contributed by atoms with E-state index in [4.69, 9.17) is 4.74 Å². The van der Waals surface area contributed by atoms with Crippen molar-refractivity contribution in [2.45, 2.75) is 25.4 Å². The molecule has 0 atom stereocenters. The molecule has 1 fully saturated rings. The molecule has 1 aliphatic rings. The Morgan fingerprint density at radius 2 is 1.95 bits per heavy atom. The number of nitrogens with zero attached hydrogens (tertiary/aromatic N) is 1. The predicted molar refractivity (Wildman–Crippen MR) is 70.6 cm³/mol. The van der Waals surface area contributed by atoms with Crippen molar-refractivity contribution in [3.63, 3.8) is 0 Å². The molecule has 3 nitrogen and oxygen atoms in total.